The minimum absolute atomic E-state index is 0.0563. The van der Waals surface area contributed by atoms with Crippen molar-refractivity contribution in [2.45, 2.75) is 50.3 Å². The molecule has 1 aliphatic carbocycles. The molecular formula is C25H28N2O6. The molecule has 174 valence electrons. The molecular weight excluding hydrogens is 424 g/mol. The molecule has 3 N–H and O–H groups in total. The summed E-state index contributed by atoms with van der Waals surface area (Å²) in [5.41, 5.74) is 7.02. The molecule has 0 bridgehead atoms. The number of rotatable bonds is 4. The Morgan fingerprint density at radius 2 is 1.61 bits per heavy atom. The van der Waals surface area contributed by atoms with Crippen LogP contribution in [0.3, 0.4) is 0 Å². The van der Waals surface area contributed by atoms with Gasteiger partial charge in [0.1, 0.15) is 12.2 Å². The number of fused-ring (bicyclic) bond motifs is 3. The van der Waals surface area contributed by atoms with Gasteiger partial charge < -0.3 is 20.3 Å². The molecule has 1 heterocycles. The lowest BCUT2D eigenvalue weighted by atomic mass is 9.94. The molecule has 8 nitrogen and oxygen atoms in total. The zero-order chi connectivity index (χ0) is 24.0. The summed E-state index contributed by atoms with van der Waals surface area (Å²) in [6.07, 6.45) is -1.16. The van der Waals surface area contributed by atoms with E-state index >= 15 is 0 Å². The molecule has 0 aromatic heterocycles. The summed E-state index contributed by atoms with van der Waals surface area (Å²) in [5.74, 6) is -2.74. The van der Waals surface area contributed by atoms with E-state index in [9.17, 15) is 19.5 Å². The number of aliphatic carboxylic acids is 1. The summed E-state index contributed by atoms with van der Waals surface area (Å²) in [6.45, 7) is 4.81. The van der Waals surface area contributed by atoms with E-state index in [4.69, 9.17) is 15.2 Å². The van der Waals surface area contributed by atoms with Crippen molar-refractivity contribution in [3.63, 3.8) is 0 Å². The lowest BCUT2D eigenvalue weighted by Crippen LogP contribution is -2.60. The second kappa shape index (κ2) is 8.19. The Balaban J connectivity index is 1.61. The summed E-state index contributed by atoms with van der Waals surface area (Å²) in [5, 5.41) is 10.1. The van der Waals surface area contributed by atoms with Crippen LogP contribution in [-0.2, 0) is 19.1 Å². The molecule has 8 heteroatoms. The number of carbonyl (C=O) groups excluding carboxylic acids is 2. The van der Waals surface area contributed by atoms with Gasteiger partial charge in [0.2, 0.25) is 5.54 Å². The summed E-state index contributed by atoms with van der Waals surface area (Å²) in [6, 6.07) is 15.0. The van der Waals surface area contributed by atoms with Crippen molar-refractivity contribution in [3.05, 3.63) is 59.7 Å². The Hall–Kier alpha value is -3.39. The first-order chi connectivity index (χ1) is 15.5. The molecule has 0 radical (unpaired) electrons. The fourth-order valence-electron chi connectivity index (χ4n) is 4.69. The highest BCUT2D eigenvalue weighted by Gasteiger charge is 2.61. The van der Waals surface area contributed by atoms with Crippen LogP contribution >= 0.6 is 0 Å². The van der Waals surface area contributed by atoms with Crippen LogP contribution in [0.2, 0.25) is 0 Å². The Labute approximate surface area is 192 Å². The van der Waals surface area contributed by atoms with Gasteiger partial charge in [-0.15, -0.1) is 0 Å². The first-order valence-electron chi connectivity index (χ1n) is 10.9. The van der Waals surface area contributed by atoms with Gasteiger partial charge in [0.15, 0.2) is 0 Å². The smallest absolute Gasteiger partial charge is 0.411 e. The summed E-state index contributed by atoms with van der Waals surface area (Å²) >= 11 is 0. The second-order valence-corrected chi connectivity index (χ2v) is 9.55. The number of carbonyl (C=O) groups is 3. The van der Waals surface area contributed by atoms with E-state index in [1.807, 2.05) is 48.5 Å². The van der Waals surface area contributed by atoms with Gasteiger partial charge in [0, 0.05) is 24.9 Å². The van der Waals surface area contributed by atoms with E-state index < -0.39 is 35.2 Å². The number of carboxylic acids is 1. The summed E-state index contributed by atoms with van der Waals surface area (Å²) in [7, 11) is 0. The van der Waals surface area contributed by atoms with Crippen LogP contribution in [0.25, 0.3) is 11.1 Å². The van der Waals surface area contributed by atoms with Crippen molar-refractivity contribution < 1.29 is 29.0 Å². The van der Waals surface area contributed by atoms with E-state index in [0.29, 0.717) is 0 Å². The fraction of sp³-hybridized carbons (Fsp3) is 0.400. The molecule has 2 aromatic rings. The number of amides is 1. The number of hydrogen-bond donors (Lipinski definition) is 2. The number of esters is 1. The third kappa shape index (κ3) is 3.95. The second-order valence-electron chi connectivity index (χ2n) is 9.55. The Morgan fingerprint density at radius 1 is 1.06 bits per heavy atom. The summed E-state index contributed by atoms with van der Waals surface area (Å²) in [4.78, 5) is 39.4. The van der Waals surface area contributed by atoms with E-state index in [1.165, 1.54) is 0 Å². The van der Waals surface area contributed by atoms with Crippen molar-refractivity contribution in [1.29, 1.82) is 0 Å². The highest BCUT2D eigenvalue weighted by Crippen LogP contribution is 2.45. The molecule has 0 spiro atoms. The topological polar surface area (TPSA) is 119 Å². The highest BCUT2D eigenvalue weighted by atomic mass is 16.6. The molecule has 2 unspecified atom stereocenters. The van der Waals surface area contributed by atoms with Crippen molar-refractivity contribution in [1.82, 2.24) is 4.90 Å². The molecule has 4 rings (SSSR count). The zero-order valence-electron chi connectivity index (χ0n) is 18.9. The fourth-order valence-corrected chi connectivity index (χ4v) is 4.69. The third-order valence-electron chi connectivity index (χ3n) is 6.08. The van der Waals surface area contributed by atoms with E-state index in [2.05, 4.69) is 0 Å². The van der Waals surface area contributed by atoms with Crippen LogP contribution < -0.4 is 5.73 Å². The van der Waals surface area contributed by atoms with Gasteiger partial charge >= 0.3 is 18.0 Å². The number of likely N-dealkylation sites (tertiary alicyclic amines) is 1. The number of benzene rings is 2. The van der Waals surface area contributed by atoms with Crippen molar-refractivity contribution in [2.24, 2.45) is 5.73 Å². The molecule has 1 aliphatic heterocycles. The first kappa shape index (κ1) is 22.8. The Bertz CT molecular complexity index is 1060. The number of ether oxygens (including phenoxy) is 2. The van der Waals surface area contributed by atoms with Crippen LogP contribution in [0.15, 0.2) is 48.5 Å². The van der Waals surface area contributed by atoms with E-state index in [1.54, 1.807) is 20.8 Å². The monoisotopic (exact) mass is 452 g/mol. The van der Waals surface area contributed by atoms with Gasteiger partial charge in [-0.1, -0.05) is 48.5 Å². The van der Waals surface area contributed by atoms with Gasteiger partial charge in [-0.25, -0.2) is 14.4 Å². The van der Waals surface area contributed by atoms with Crippen LogP contribution in [0.5, 0.6) is 0 Å². The third-order valence-corrected chi connectivity index (χ3v) is 6.08. The lowest BCUT2D eigenvalue weighted by molar-refractivity contribution is -0.169. The molecule has 2 atom stereocenters. The highest BCUT2D eigenvalue weighted by molar-refractivity contribution is 6.07. The minimum atomic E-state index is -2.24. The van der Waals surface area contributed by atoms with Gasteiger partial charge in [-0.2, -0.15) is 0 Å². The SMILES string of the molecule is CC(C)(C)OC(=O)N1CC(N)CC1(C(=O)O)C(=O)OCC1c2ccccc2-c2ccccc21. The van der Waals surface area contributed by atoms with Gasteiger partial charge in [-0.05, 0) is 43.0 Å². The molecule has 1 fully saturated rings. The van der Waals surface area contributed by atoms with Crippen molar-refractivity contribution >= 4 is 18.0 Å². The number of carboxylic acid groups (broad SMARTS) is 1. The predicted molar refractivity (Wildman–Crippen MR) is 121 cm³/mol. The van der Waals surface area contributed by atoms with Crippen LogP contribution in [0.4, 0.5) is 4.79 Å². The van der Waals surface area contributed by atoms with Crippen molar-refractivity contribution in [2.75, 3.05) is 13.2 Å². The predicted octanol–water partition coefficient (Wildman–Crippen LogP) is 3.13. The van der Waals surface area contributed by atoms with E-state index in [0.717, 1.165) is 27.2 Å². The number of nitrogens with two attached hydrogens (primary N) is 1. The largest absolute Gasteiger partial charge is 0.479 e. The normalized spacial score (nSPS) is 21.9. The standard InChI is InChI=1S/C25H28N2O6/c1-24(2,3)33-23(31)27-13-15(26)12-25(27,21(28)29)22(30)32-14-20-18-10-6-4-8-16(18)17-9-5-7-11-19(17)20/h4-11,15,20H,12-14,26H2,1-3H3,(H,28,29). The molecule has 2 aromatic carbocycles. The maximum absolute atomic E-state index is 13.3. The molecule has 2 aliphatic rings. The van der Waals surface area contributed by atoms with Crippen molar-refractivity contribution in [3.8, 4) is 11.1 Å². The number of nitrogens with zero attached hydrogens (tertiary/aromatic N) is 1. The maximum atomic E-state index is 13.3. The lowest BCUT2D eigenvalue weighted by Gasteiger charge is -2.34. The minimum Gasteiger partial charge on any atom is -0.479 e. The Morgan fingerprint density at radius 3 is 2.12 bits per heavy atom. The van der Waals surface area contributed by atoms with Gasteiger partial charge in [0.05, 0.1) is 0 Å². The molecule has 1 amide bonds. The van der Waals surface area contributed by atoms with E-state index in [-0.39, 0.29) is 25.5 Å². The van der Waals surface area contributed by atoms with Crippen LogP contribution in [-0.4, -0.2) is 58.4 Å². The average molecular weight is 453 g/mol. The average Bonchev–Trinajstić information content (AvgIpc) is 3.27. The number of hydrogen-bond acceptors (Lipinski definition) is 6. The van der Waals surface area contributed by atoms with Crippen LogP contribution in [0.1, 0.15) is 44.2 Å². The Kier molecular flexibility index (Phi) is 5.66. The molecule has 33 heavy (non-hydrogen) atoms. The van der Waals surface area contributed by atoms with Crippen LogP contribution in [0, 0.1) is 0 Å². The molecule has 1 saturated heterocycles. The first-order valence-corrected chi connectivity index (χ1v) is 10.9. The zero-order valence-corrected chi connectivity index (χ0v) is 18.9. The van der Waals surface area contributed by atoms with Gasteiger partial charge in [-0.3, -0.25) is 4.90 Å². The molecule has 0 saturated carbocycles. The summed E-state index contributed by atoms with van der Waals surface area (Å²) < 4.78 is 11.0. The quantitative estimate of drug-likeness (QED) is 0.540. The maximum Gasteiger partial charge on any atom is 0.411 e. The van der Waals surface area contributed by atoms with Gasteiger partial charge in [0.25, 0.3) is 0 Å².